The number of rotatable bonds is 4. The van der Waals surface area contributed by atoms with E-state index in [4.69, 9.17) is 18.2 Å². The molecule has 0 aromatic heterocycles. The predicted molar refractivity (Wildman–Crippen MR) is 147 cm³/mol. The number of aldehydes is 1. The van der Waals surface area contributed by atoms with Crippen LogP contribution in [0.1, 0.15) is 49.4 Å². The van der Waals surface area contributed by atoms with E-state index in [1.165, 1.54) is 12.1 Å². The lowest BCUT2D eigenvalue weighted by Gasteiger charge is -2.58. The molecular formula is C30H33ClN4O2. The van der Waals surface area contributed by atoms with Crippen molar-refractivity contribution < 1.29 is 9.59 Å². The van der Waals surface area contributed by atoms with E-state index >= 15 is 0 Å². The van der Waals surface area contributed by atoms with Crippen LogP contribution in [-0.2, 0) is 4.79 Å². The summed E-state index contributed by atoms with van der Waals surface area (Å²) in [7, 11) is 0. The Hall–Kier alpha value is -3.04. The molecule has 3 aliphatic heterocycles. The van der Waals surface area contributed by atoms with Crippen molar-refractivity contribution in [2.24, 2.45) is 16.7 Å². The van der Waals surface area contributed by atoms with Gasteiger partial charge in [-0.2, -0.15) is 0 Å². The molecule has 1 aliphatic carbocycles. The predicted octanol–water partition coefficient (Wildman–Crippen LogP) is 5.83. The van der Waals surface area contributed by atoms with Gasteiger partial charge in [0.05, 0.1) is 6.57 Å². The zero-order valence-corrected chi connectivity index (χ0v) is 22.1. The summed E-state index contributed by atoms with van der Waals surface area (Å²) in [4.78, 5) is 34.1. The monoisotopic (exact) mass is 516 g/mol. The van der Waals surface area contributed by atoms with Crippen LogP contribution >= 0.6 is 11.6 Å². The number of amides is 1. The first kappa shape index (κ1) is 24.3. The second kappa shape index (κ2) is 9.06. The van der Waals surface area contributed by atoms with Crippen LogP contribution in [0.2, 0.25) is 5.02 Å². The van der Waals surface area contributed by atoms with E-state index < -0.39 is 0 Å². The van der Waals surface area contributed by atoms with E-state index in [-0.39, 0.29) is 17.2 Å². The molecule has 2 aromatic carbocycles. The third-order valence-corrected chi connectivity index (χ3v) is 9.68. The Morgan fingerprint density at radius 3 is 2.30 bits per heavy atom. The number of anilines is 2. The Bertz CT molecular complexity index is 1250. The normalized spacial score (nSPS) is 24.0. The van der Waals surface area contributed by atoms with Crippen LogP contribution in [0.15, 0.2) is 42.5 Å². The molecule has 1 saturated carbocycles. The number of likely N-dealkylation sites (tertiary alicyclic amines) is 1. The van der Waals surface area contributed by atoms with E-state index in [2.05, 4.69) is 33.7 Å². The van der Waals surface area contributed by atoms with Crippen LogP contribution in [0.4, 0.5) is 17.1 Å². The van der Waals surface area contributed by atoms with Gasteiger partial charge >= 0.3 is 0 Å². The first-order valence-electron chi connectivity index (χ1n) is 13.4. The summed E-state index contributed by atoms with van der Waals surface area (Å²) in [5.74, 6) is 0.306. The third kappa shape index (κ3) is 4.28. The summed E-state index contributed by atoms with van der Waals surface area (Å²) in [6.07, 6.45) is 6.39. The van der Waals surface area contributed by atoms with Crippen molar-refractivity contribution in [2.75, 3.05) is 42.5 Å². The summed E-state index contributed by atoms with van der Waals surface area (Å²) in [5, 5.41) is 0.528. The van der Waals surface area contributed by atoms with E-state index in [1.54, 1.807) is 0 Å². The Morgan fingerprint density at radius 2 is 1.68 bits per heavy atom. The third-order valence-electron chi connectivity index (χ3n) is 9.38. The molecule has 2 aromatic rings. The molecule has 3 saturated heterocycles. The van der Waals surface area contributed by atoms with Gasteiger partial charge < -0.3 is 19.5 Å². The molecule has 37 heavy (non-hydrogen) atoms. The van der Waals surface area contributed by atoms with E-state index in [0.717, 1.165) is 75.9 Å². The van der Waals surface area contributed by atoms with Gasteiger partial charge in [0.15, 0.2) is 0 Å². The molecule has 1 amide bonds. The lowest BCUT2D eigenvalue weighted by molar-refractivity contribution is -0.126. The van der Waals surface area contributed by atoms with Crippen molar-refractivity contribution in [3.05, 3.63) is 64.5 Å². The molecule has 2 spiro atoms. The lowest BCUT2D eigenvalue weighted by atomic mass is 9.58. The summed E-state index contributed by atoms with van der Waals surface area (Å²) in [6, 6.07) is 14.4. The fourth-order valence-electron chi connectivity index (χ4n) is 7.34. The first-order valence-corrected chi connectivity index (χ1v) is 13.7. The van der Waals surface area contributed by atoms with Gasteiger partial charge in [-0.25, -0.2) is 4.85 Å². The maximum atomic E-state index is 12.9. The number of hydrogen-bond acceptors (Lipinski definition) is 4. The van der Waals surface area contributed by atoms with Gasteiger partial charge in [-0.3, -0.25) is 4.79 Å². The van der Waals surface area contributed by atoms with Crippen LogP contribution in [0.5, 0.6) is 0 Å². The van der Waals surface area contributed by atoms with E-state index in [0.29, 0.717) is 22.2 Å². The van der Waals surface area contributed by atoms with Crippen molar-refractivity contribution in [2.45, 2.75) is 45.1 Å². The van der Waals surface area contributed by atoms with Gasteiger partial charge in [0, 0.05) is 72.1 Å². The zero-order valence-electron chi connectivity index (χ0n) is 21.3. The Kier molecular flexibility index (Phi) is 5.95. The van der Waals surface area contributed by atoms with Crippen molar-refractivity contribution in [1.29, 1.82) is 0 Å². The highest BCUT2D eigenvalue weighted by molar-refractivity contribution is 6.33. The Balaban J connectivity index is 1.04. The molecule has 4 aliphatic rings. The molecule has 3 heterocycles. The van der Waals surface area contributed by atoms with E-state index in [9.17, 15) is 9.59 Å². The number of carbonyl (C=O) groups excluding carboxylic acids is 2. The number of halogens is 1. The van der Waals surface area contributed by atoms with Gasteiger partial charge in [-0.1, -0.05) is 17.7 Å². The van der Waals surface area contributed by atoms with Crippen LogP contribution in [0, 0.1) is 23.3 Å². The van der Waals surface area contributed by atoms with Crippen molar-refractivity contribution in [3.63, 3.8) is 0 Å². The molecule has 6 nitrogen and oxygen atoms in total. The Labute approximate surface area is 224 Å². The quantitative estimate of drug-likeness (QED) is 0.379. The minimum atomic E-state index is 0.105. The molecular weight excluding hydrogens is 484 g/mol. The molecule has 1 atom stereocenters. The first-order chi connectivity index (χ1) is 17.8. The van der Waals surface area contributed by atoms with Gasteiger partial charge in [0.1, 0.15) is 6.29 Å². The highest BCUT2D eigenvalue weighted by atomic mass is 35.5. The number of piperidine rings is 1. The molecule has 0 unspecified atom stereocenters. The lowest BCUT2D eigenvalue weighted by Crippen LogP contribution is -2.63. The van der Waals surface area contributed by atoms with Gasteiger partial charge in [0.25, 0.3) is 5.91 Å². The molecule has 4 fully saturated rings. The molecule has 6 rings (SSSR count). The summed E-state index contributed by atoms with van der Waals surface area (Å²) >= 11 is 6.33. The number of nitrogens with zero attached hydrogens (tertiary/aromatic N) is 4. The molecule has 0 bridgehead atoms. The molecule has 7 heteroatoms. The molecule has 0 radical (unpaired) electrons. The van der Waals surface area contributed by atoms with Crippen molar-refractivity contribution in [3.8, 4) is 0 Å². The molecule has 0 N–H and O–H groups in total. The topological polar surface area (TPSA) is 48.2 Å². The fourth-order valence-corrected chi connectivity index (χ4v) is 7.56. The smallest absolute Gasteiger partial charge is 0.253 e. The van der Waals surface area contributed by atoms with Gasteiger partial charge in [-0.05, 0) is 80.8 Å². The van der Waals surface area contributed by atoms with E-state index in [1.807, 2.05) is 35.2 Å². The standard InChI is InChI=1S/C30H33ClN4O2/c1-21-14-29(20-35(21)25-7-8-27(32-2)26(31)13-25)9-11-33(12-10-29)24-5-3-23(4-6-24)28(37)34-18-30(19-34)15-22(16-30)17-36/h3-8,13,17,21-22H,9-12,14-16,18-20H2,1H3/t21-/m0/s1. The minimum Gasteiger partial charge on any atom is -0.371 e. The Morgan fingerprint density at radius 1 is 1.00 bits per heavy atom. The van der Waals surface area contributed by atoms with Gasteiger partial charge in [0.2, 0.25) is 5.69 Å². The summed E-state index contributed by atoms with van der Waals surface area (Å²) in [6.45, 7) is 14.2. The maximum Gasteiger partial charge on any atom is 0.253 e. The van der Waals surface area contributed by atoms with Crippen LogP contribution in [0.3, 0.4) is 0 Å². The summed E-state index contributed by atoms with van der Waals surface area (Å²) in [5.41, 5.74) is 4.07. The van der Waals surface area contributed by atoms with Gasteiger partial charge in [-0.15, -0.1) is 0 Å². The van der Waals surface area contributed by atoms with Crippen LogP contribution in [-0.4, -0.2) is 55.9 Å². The maximum absolute atomic E-state index is 12.9. The van der Waals surface area contributed by atoms with Crippen LogP contribution in [0.25, 0.3) is 4.85 Å². The average Bonchev–Trinajstić information content (AvgIpc) is 3.18. The van der Waals surface area contributed by atoms with Crippen LogP contribution < -0.4 is 9.80 Å². The largest absolute Gasteiger partial charge is 0.371 e. The average molecular weight is 517 g/mol. The highest BCUT2D eigenvalue weighted by Gasteiger charge is 2.53. The molecule has 192 valence electrons. The number of carbonyl (C=O) groups is 2. The van der Waals surface area contributed by atoms with Crippen molar-refractivity contribution in [1.82, 2.24) is 4.90 Å². The summed E-state index contributed by atoms with van der Waals surface area (Å²) < 4.78 is 0. The van der Waals surface area contributed by atoms with Crippen molar-refractivity contribution >= 4 is 40.9 Å². The fraction of sp³-hybridized carbons (Fsp3) is 0.500. The minimum absolute atomic E-state index is 0.105. The zero-order chi connectivity index (χ0) is 25.8. The number of benzene rings is 2. The highest BCUT2D eigenvalue weighted by Crippen LogP contribution is 2.51. The second-order valence-electron chi connectivity index (χ2n) is 11.9. The number of hydrogen-bond donors (Lipinski definition) is 0. The second-order valence-corrected chi connectivity index (χ2v) is 12.3. The SMILES string of the molecule is [C-]#[N+]c1ccc(N2CC3(CCN(c4ccc(C(=O)N5CC6(CC(C=O)C6)C5)cc4)CC3)C[C@@H]2C)cc1Cl.